The van der Waals surface area contributed by atoms with E-state index in [1.807, 2.05) is 30.3 Å². The zero-order valence-corrected chi connectivity index (χ0v) is 12.0. The van der Waals surface area contributed by atoms with Gasteiger partial charge in [-0.2, -0.15) is 0 Å². The van der Waals surface area contributed by atoms with Gasteiger partial charge in [0.2, 0.25) is 0 Å². The molecule has 2 rings (SSSR count). The number of carbonyl (C=O) groups is 1. The van der Waals surface area contributed by atoms with E-state index in [0.717, 1.165) is 5.56 Å². The number of hydrogen-bond donors (Lipinski definition) is 1. The molecular formula is C17H19NO2. The van der Waals surface area contributed by atoms with E-state index in [2.05, 4.69) is 26.0 Å². The van der Waals surface area contributed by atoms with Gasteiger partial charge in [0.15, 0.2) is 0 Å². The molecule has 0 bridgehead atoms. The topological polar surface area (TPSA) is 52.3 Å². The molecule has 0 aliphatic rings. The number of amides is 1. The Morgan fingerprint density at radius 2 is 1.70 bits per heavy atom. The summed E-state index contributed by atoms with van der Waals surface area (Å²) in [4.78, 5) is 11.5. The van der Waals surface area contributed by atoms with E-state index in [-0.39, 0.29) is 5.41 Å². The van der Waals surface area contributed by atoms with Crippen LogP contribution in [0.15, 0.2) is 48.5 Å². The van der Waals surface area contributed by atoms with Gasteiger partial charge in [0, 0.05) is 5.41 Å². The molecule has 3 nitrogen and oxygen atoms in total. The van der Waals surface area contributed by atoms with Crippen molar-refractivity contribution >= 4 is 5.91 Å². The predicted molar refractivity (Wildman–Crippen MR) is 80.1 cm³/mol. The van der Waals surface area contributed by atoms with E-state index < -0.39 is 5.91 Å². The average molecular weight is 269 g/mol. The Hall–Kier alpha value is -2.29. The summed E-state index contributed by atoms with van der Waals surface area (Å²) in [7, 11) is 1.53. The number of benzene rings is 2. The maximum absolute atomic E-state index is 11.5. The van der Waals surface area contributed by atoms with E-state index in [1.165, 1.54) is 12.7 Å². The third-order valence-electron chi connectivity index (χ3n) is 3.68. The molecule has 0 heterocycles. The Morgan fingerprint density at radius 3 is 2.25 bits per heavy atom. The second-order valence-corrected chi connectivity index (χ2v) is 5.27. The largest absolute Gasteiger partial charge is 0.496 e. The normalized spacial score (nSPS) is 11.2. The van der Waals surface area contributed by atoms with Crippen LogP contribution in [0.2, 0.25) is 0 Å². The molecule has 2 aromatic rings. The van der Waals surface area contributed by atoms with Gasteiger partial charge < -0.3 is 10.5 Å². The van der Waals surface area contributed by atoms with Crippen LogP contribution in [0.5, 0.6) is 5.75 Å². The summed E-state index contributed by atoms with van der Waals surface area (Å²) >= 11 is 0. The number of ether oxygens (including phenoxy) is 1. The van der Waals surface area contributed by atoms with E-state index >= 15 is 0 Å². The summed E-state index contributed by atoms with van der Waals surface area (Å²) in [5.74, 6) is 0.0256. The highest BCUT2D eigenvalue weighted by atomic mass is 16.5. The molecule has 20 heavy (non-hydrogen) atoms. The van der Waals surface area contributed by atoms with Crippen LogP contribution in [0, 0.1) is 0 Å². The number of nitrogens with two attached hydrogens (primary N) is 1. The number of carbonyl (C=O) groups excluding carboxylic acids is 1. The van der Waals surface area contributed by atoms with Crippen molar-refractivity contribution in [2.45, 2.75) is 19.3 Å². The maximum atomic E-state index is 11.5. The molecule has 0 aliphatic heterocycles. The van der Waals surface area contributed by atoms with Gasteiger partial charge in [-0.25, -0.2) is 0 Å². The Morgan fingerprint density at radius 1 is 1.05 bits per heavy atom. The molecule has 0 radical (unpaired) electrons. The first-order valence-electron chi connectivity index (χ1n) is 6.50. The van der Waals surface area contributed by atoms with Crippen molar-refractivity contribution in [2.24, 2.45) is 5.73 Å². The summed E-state index contributed by atoms with van der Waals surface area (Å²) in [5.41, 5.74) is 7.83. The summed E-state index contributed by atoms with van der Waals surface area (Å²) in [6.07, 6.45) is 0. The molecular weight excluding hydrogens is 250 g/mol. The van der Waals surface area contributed by atoms with Crippen LogP contribution >= 0.6 is 0 Å². The molecule has 1 amide bonds. The number of methoxy groups -OCH3 is 1. The highest BCUT2D eigenvalue weighted by Crippen LogP contribution is 2.33. The minimum Gasteiger partial charge on any atom is -0.496 e. The monoisotopic (exact) mass is 269 g/mol. The lowest BCUT2D eigenvalue weighted by atomic mass is 9.77. The zero-order chi connectivity index (χ0) is 14.8. The highest BCUT2D eigenvalue weighted by molar-refractivity contribution is 5.96. The first-order chi connectivity index (χ1) is 9.46. The van der Waals surface area contributed by atoms with Crippen molar-refractivity contribution in [1.82, 2.24) is 0 Å². The second kappa shape index (κ2) is 5.37. The molecule has 0 aromatic heterocycles. The van der Waals surface area contributed by atoms with Gasteiger partial charge in [0.1, 0.15) is 5.75 Å². The summed E-state index contributed by atoms with van der Waals surface area (Å²) in [5, 5.41) is 0. The van der Waals surface area contributed by atoms with Crippen LogP contribution in [0.4, 0.5) is 0 Å². The summed E-state index contributed by atoms with van der Waals surface area (Å²) < 4.78 is 5.18. The Kier molecular flexibility index (Phi) is 3.79. The Balaban J connectivity index is 2.53. The van der Waals surface area contributed by atoms with Gasteiger partial charge in [0.05, 0.1) is 12.7 Å². The fraction of sp³-hybridized carbons (Fsp3) is 0.235. The van der Waals surface area contributed by atoms with Crippen LogP contribution in [-0.2, 0) is 5.41 Å². The molecule has 0 aliphatic carbocycles. The maximum Gasteiger partial charge on any atom is 0.252 e. The molecule has 0 atom stereocenters. The zero-order valence-electron chi connectivity index (χ0n) is 12.0. The van der Waals surface area contributed by atoms with Crippen molar-refractivity contribution in [3.8, 4) is 5.75 Å². The molecule has 0 saturated heterocycles. The number of hydrogen-bond acceptors (Lipinski definition) is 2. The first-order valence-corrected chi connectivity index (χ1v) is 6.50. The lowest BCUT2D eigenvalue weighted by molar-refractivity contribution is 0.0997. The van der Waals surface area contributed by atoms with Crippen LogP contribution in [-0.4, -0.2) is 13.0 Å². The average Bonchev–Trinajstić information content (AvgIpc) is 2.47. The Labute approximate surface area is 119 Å². The van der Waals surface area contributed by atoms with Gasteiger partial charge in [0.25, 0.3) is 5.91 Å². The van der Waals surface area contributed by atoms with Crippen molar-refractivity contribution in [1.29, 1.82) is 0 Å². The highest BCUT2D eigenvalue weighted by Gasteiger charge is 2.24. The van der Waals surface area contributed by atoms with Crippen molar-refractivity contribution in [2.75, 3.05) is 7.11 Å². The molecule has 0 spiro atoms. The van der Waals surface area contributed by atoms with E-state index in [0.29, 0.717) is 11.3 Å². The molecule has 0 saturated carbocycles. The van der Waals surface area contributed by atoms with E-state index in [4.69, 9.17) is 10.5 Å². The van der Waals surface area contributed by atoms with Gasteiger partial charge in [-0.1, -0.05) is 50.2 Å². The third kappa shape index (κ3) is 2.52. The van der Waals surface area contributed by atoms with Gasteiger partial charge in [-0.15, -0.1) is 0 Å². The van der Waals surface area contributed by atoms with Crippen molar-refractivity contribution in [3.05, 3.63) is 65.2 Å². The van der Waals surface area contributed by atoms with Crippen LogP contribution in [0.3, 0.4) is 0 Å². The predicted octanol–water partition coefficient (Wildman–Crippen LogP) is 3.12. The molecule has 2 aromatic carbocycles. The van der Waals surface area contributed by atoms with Crippen molar-refractivity contribution in [3.63, 3.8) is 0 Å². The third-order valence-corrected chi connectivity index (χ3v) is 3.68. The minimum absolute atomic E-state index is 0.211. The minimum atomic E-state index is -0.479. The van der Waals surface area contributed by atoms with Crippen LogP contribution in [0.25, 0.3) is 0 Å². The van der Waals surface area contributed by atoms with Gasteiger partial charge >= 0.3 is 0 Å². The van der Waals surface area contributed by atoms with E-state index in [1.54, 1.807) is 6.07 Å². The smallest absolute Gasteiger partial charge is 0.252 e. The number of rotatable bonds is 4. The SMILES string of the molecule is COc1ccc(C(C)(C)c2ccccc2)cc1C(N)=O. The molecule has 104 valence electrons. The standard InChI is InChI=1S/C17H19NO2/c1-17(2,12-7-5-4-6-8-12)13-9-10-15(20-3)14(11-13)16(18)19/h4-11H,1-3H3,(H2,18,19). The Bertz CT molecular complexity index is 618. The quantitative estimate of drug-likeness (QED) is 0.927. The van der Waals surface area contributed by atoms with E-state index in [9.17, 15) is 4.79 Å². The van der Waals surface area contributed by atoms with Crippen molar-refractivity contribution < 1.29 is 9.53 Å². The summed E-state index contributed by atoms with van der Waals surface area (Å²) in [6, 6.07) is 15.7. The van der Waals surface area contributed by atoms with Gasteiger partial charge in [-0.05, 0) is 23.3 Å². The number of primary amides is 1. The lowest BCUT2D eigenvalue weighted by Gasteiger charge is -2.26. The summed E-state index contributed by atoms with van der Waals surface area (Å²) in [6.45, 7) is 4.24. The van der Waals surface area contributed by atoms with Crippen LogP contribution in [0.1, 0.15) is 35.3 Å². The first kappa shape index (κ1) is 14.1. The van der Waals surface area contributed by atoms with Gasteiger partial charge in [-0.3, -0.25) is 4.79 Å². The fourth-order valence-corrected chi connectivity index (χ4v) is 2.31. The molecule has 2 N–H and O–H groups in total. The molecule has 3 heteroatoms. The lowest BCUT2D eigenvalue weighted by Crippen LogP contribution is -2.21. The molecule has 0 fully saturated rings. The molecule has 0 unspecified atom stereocenters. The second-order valence-electron chi connectivity index (χ2n) is 5.27. The van der Waals surface area contributed by atoms with Crippen LogP contribution < -0.4 is 10.5 Å². The fourth-order valence-electron chi connectivity index (χ4n) is 2.31.